The van der Waals surface area contributed by atoms with Crippen molar-refractivity contribution in [1.82, 2.24) is 4.98 Å². The first kappa shape index (κ1) is 18.0. The lowest BCUT2D eigenvalue weighted by molar-refractivity contribution is -0.113. The second kappa shape index (κ2) is 8.05. The molecule has 0 unspecified atom stereocenters. The fraction of sp³-hybridized carbons (Fsp3) is 0.158. The van der Waals surface area contributed by atoms with Crippen LogP contribution in [0.5, 0.6) is 0 Å². The number of amides is 1. The summed E-state index contributed by atoms with van der Waals surface area (Å²) in [4.78, 5) is 28.4. The molecule has 0 spiro atoms. The van der Waals surface area contributed by atoms with Crippen LogP contribution in [0.25, 0.3) is 10.9 Å². The molecule has 0 radical (unpaired) electrons. The van der Waals surface area contributed by atoms with E-state index in [1.807, 2.05) is 30.3 Å². The maximum atomic E-state index is 13.6. The number of benzene rings is 2. The van der Waals surface area contributed by atoms with Crippen molar-refractivity contribution in [1.29, 1.82) is 0 Å². The minimum absolute atomic E-state index is 0.102. The standard InChI is InChI=1S/C19H17FN2O3S/c1-2-25-19(24)18-17(14-10-12(20)8-9-15(14)21-18)22-16(23)11-26-13-6-4-3-5-7-13/h3-10,21H,2,11H2,1H3,(H,22,23). The number of halogens is 1. The average Bonchev–Trinajstić information content (AvgIpc) is 2.99. The molecule has 0 fully saturated rings. The maximum Gasteiger partial charge on any atom is 0.356 e. The van der Waals surface area contributed by atoms with E-state index in [1.165, 1.54) is 30.0 Å². The molecule has 2 aromatic carbocycles. The SMILES string of the molecule is CCOC(=O)c1[nH]c2ccc(F)cc2c1NC(=O)CSc1ccccc1. The molecule has 0 aliphatic rings. The number of hydrogen-bond acceptors (Lipinski definition) is 4. The Balaban J connectivity index is 1.84. The first-order valence-corrected chi connectivity index (χ1v) is 9.03. The van der Waals surface area contributed by atoms with Gasteiger partial charge in [0.2, 0.25) is 5.91 Å². The van der Waals surface area contributed by atoms with Crippen molar-refractivity contribution in [3.8, 4) is 0 Å². The van der Waals surface area contributed by atoms with E-state index < -0.39 is 11.8 Å². The predicted molar refractivity (Wildman–Crippen MR) is 100 cm³/mol. The van der Waals surface area contributed by atoms with E-state index in [2.05, 4.69) is 10.3 Å². The molecule has 0 atom stereocenters. The van der Waals surface area contributed by atoms with E-state index in [9.17, 15) is 14.0 Å². The fourth-order valence-electron chi connectivity index (χ4n) is 2.49. The molecule has 1 heterocycles. The Morgan fingerprint density at radius 2 is 1.96 bits per heavy atom. The van der Waals surface area contributed by atoms with E-state index in [1.54, 1.807) is 6.92 Å². The minimum Gasteiger partial charge on any atom is -0.461 e. The predicted octanol–water partition coefficient (Wildman–Crippen LogP) is 4.21. The van der Waals surface area contributed by atoms with Crippen LogP contribution < -0.4 is 5.32 Å². The van der Waals surface area contributed by atoms with Crippen molar-refractivity contribution in [3.63, 3.8) is 0 Å². The van der Waals surface area contributed by atoms with Gasteiger partial charge in [-0.2, -0.15) is 0 Å². The number of H-pyrrole nitrogens is 1. The highest BCUT2D eigenvalue weighted by atomic mass is 32.2. The average molecular weight is 372 g/mol. The van der Waals surface area contributed by atoms with Crippen LogP contribution in [0.1, 0.15) is 17.4 Å². The van der Waals surface area contributed by atoms with E-state index in [4.69, 9.17) is 4.74 Å². The van der Waals surface area contributed by atoms with Crippen LogP contribution in [0.15, 0.2) is 53.4 Å². The van der Waals surface area contributed by atoms with Crippen molar-refractivity contribution in [2.75, 3.05) is 17.7 Å². The number of aromatic amines is 1. The van der Waals surface area contributed by atoms with E-state index in [0.717, 1.165) is 4.90 Å². The van der Waals surface area contributed by atoms with Gasteiger partial charge in [-0.3, -0.25) is 4.79 Å². The summed E-state index contributed by atoms with van der Waals surface area (Å²) in [6, 6.07) is 13.6. The molecule has 5 nitrogen and oxygen atoms in total. The highest BCUT2D eigenvalue weighted by molar-refractivity contribution is 8.00. The lowest BCUT2D eigenvalue weighted by Gasteiger charge is -2.07. The van der Waals surface area contributed by atoms with Crippen molar-refractivity contribution < 1.29 is 18.7 Å². The van der Waals surface area contributed by atoms with Crippen LogP contribution in [0.3, 0.4) is 0 Å². The van der Waals surface area contributed by atoms with Gasteiger partial charge in [0.15, 0.2) is 0 Å². The summed E-state index contributed by atoms with van der Waals surface area (Å²) in [5, 5.41) is 3.13. The van der Waals surface area contributed by atoms with Gasteiger partial charge in [0.1, 0.15) is 11.5 Å². The van der Waals surface area contributed by atoms with Crippen LogP contribution in [0, 0.1) is 5.82 Å². The zero-order valence-corrected chi connectivity index (χ0v) is 14.9. The van der Waals surface area contributed by atoms with Crippen molar-refractivity contribution in [3.05, 3.63) is 60.0 Å². The first-order valence-electron chi connectivity index (χ1n) is 8.04. The van der Waals surface area contributed by atoms with E-state index in [-0.39, 0.29) is 29.6 Å². The van der Waals surface area contributed by atoms with Gasteiger partial charge in [-0.15, -0.1) is 11.8 Å². The minimum atomic E-state index is -0.602. The molecule has 1 aromatic heterocycles. The van der Waals surface area contributed by atoms with Gasteiger partial charge in [0, 0.05) is 15.8 Å². The lowest BCUT2D eigenvalue weighted by Crippen LogP contribution is -2.17. The number of rotatable bonds is 6. The molecule has 0 aliphatic heterocycles. The Morgan fingerprint density at radius 3 is 2.69 bits per heavy atom. The number of ether oxygens (including phenoxy) is 1. The summed E-state index contributed by atoms with van der Waals surface area (Å²) in [7, 11) is 0. The number of aromatic nitrogens is 1. The third-order valence-electron chi connectivity index (χ3n) is 3.62. The molecule has 0 saturated heterocycles. The zero-order chi connectivity index (χ0) is 18.5. The first-order chi connectivity index (χ1) is 12.6. The molecular formula is C19H17FN2O3S. The number of esters is 1. The third kappa shape index (κ3) is 4.05. The highest BCUT2D eigenvalue weighted by Crippen LogP contribution is 2.29. The normalized spacial score (nSPS) is 10.7. The number of hydrogen-bond donors (Lipinski definition) is 2. The van der Waals surface area contributed by atoms with Crippen LogP contribution in [0.4, 0.5) is 10.1 Å². The molecule has 26 heavy (non-hydrogen) atoms. The molecule has 2 N–H and O–H groups in total. The number of thioether (sulfide) groups is 1. The number of carbonyl (C=O) groups is 2. The monoisotopic (exact) mass is 372 g/mol. The summed E-state index contributed by atoms with van der Waals surface area (Å²) < 4.78 is 18.7. The number of anilines is 1. The molecule has 0 saturated carbocycles. The largest absolute Gasteiger partial charge is 0.461 e. The highest BCUT2D eigenvalue weighted by Gasteiger charge is 2.21. The van der Waals surface area contributed by atoms with Gasteiger partial charge in [-0.1, -0.05) is 18.2 Å². The summed E-state index contributed by atoms with van der Waals surface area (Å²) >= 11 is 1.37. The van der Waals surface area contributed by atoms with Gasteiger partial charge in [0.05, 0.1) is 18.0 Å². The van der Waals surface area contributed by atoms with Gasteiger partial charge in [-0.05, 0) is 37.3 Å². The van der Waals surface area contributed by atoms with E-state index >= 15 is 0 Å². The van der Waals surface area contributed by atoms with Crippen LogP contribution >= 0.6 is 11.8 Å². The Hall–Kier alpha value is -2.80. The smallest absolute Gasteiger partial charge is 0.356 e. The molecule has 1 amide bonds. The Labute approximate surface area is 153 Å². The summed E-state index contributed by atoms with van der Waals surface area (Å²) in [6.07, 6.45) is 0. The number of nitrogens with one attached hydrogen (secondary N) is 2. The fourth-order valence-corrected chi connectivity index (χ4v) is 3.21. The van der Waals surface area contributed by atoms with Crippen molar-refractivity contribution >= 4 is 40.2 Å². The topological polar surface area (TPSA) is 71.2 Å². The molecule has 0 aliphatic carbocycles. The summed E-state index contributed by atoms with van der Waals surface area (Å²) in [5.74, 6) is -1.19. The quantitative estimate of drug-likeness (QED) is 0.502. The van der Waals surface area contributed by atoms with Gasteiger partial charge in [0.25, 0.3) is 0 Å². The van der Waals surface area contributed by atoms with Crippen LogP contribution in [-0.2, 0) is 9.53 Å². The maximum absolute atomic E-state index is 13.6. The second-order valence-corrected chi connectivity index (χ2v) is 6.48. The Morgan fingerprint density at radius 1 is 1.19 bits per heavy atom. The van der Waals surface area contributed by atoms with Crippen LogP contribution in [0.2, 0.25) is 0 Å². The van der Waals surface area contributed by atoms with E-state index in [0.29, 0.717) is 10.9 Å². The summed E-state index contributed by atoms with van der Waals surface area (Å²) in [6.45, 7) is 1.88. The Kier molecular flexibility index (Phi) is 5.58. The number of fused-ring (bicyclic) bond motifs is 1. The second-order valence-electron chi connectivity index (χ2n) is 5.44. The number of carbonyl (C=O) groups excluding carboxylic acids is 2. The van der Waals surface area contributed by atoms with Crippen LogP contribution in [-0.4, -0.2) is 29.2 Å². The van der Waals surface area contributed by atoms with Gasteiger partial charge >= 0.3 is 5.97 Å². The zero-order valence-electron chi connectivity index (χ0n) is 14.0. The molecule has 3 rings (SSSR count). The molecule has 134 valence electrons. The third-order valence-corrected chi connectivity index (χ3v) is 4.63. The molecule has 3 aromatic rings. The van der Waals surface area contributed by atoms with Gasteiger partial charge in [-0.25, -0.2) is 9.18 Å². The van der Waals surface area contributed by atoms with Gasteiger partial charge < -0.3 is 15.0 Å². The molecule has 0 bridgehead atoms. The molecular weight excluding hydrogens is 355 g/mol. The van der Waals surface area contributed by atoms with Crippen molar-refractivity contribution in [2.45, 2.75) is 11.8 Å². The summed E-state index contributed by atoms with van der Waals surface area (Å²) in [5.41, 5.74) is 0.877. The molecule has 7 heteroatoms. The lowest BCUT2D eigenvalue weighted by atomic mass is 10.2. The Bertz CT molecular complexity index is 941. The van der Waals surface area contributed by atoms with Crippen molar-refractivity contribution in [2.24, 2.45) is 0 Å².